The van der Waals surface area contributed by atoms with Gasteiger partial charge in [-0.1, -0.05) is 48.5 Å². The summed E-state index contributed by atoms with van der Waals surface area (Å²) >= 11 is 1.41. The zero-order valence-electron chi connectivity index (χ0n) is 18.5. The summed E-state index contributed by atoms with van der Waals surface area (Å²) in [7, 11) is 0. The Hall–Kier alpha value is -3.23. The largest absolute Gasteiger partial charge is 0.339 e. The van der Waals surface area contributed by atoms with Crippen molar-refractivity contribution >= 4 is 40.0 Å². The number of carbonyl (C=O) groups excluding carboxylic acids is 3. The van der Waals surface area contributed by atoms with Crippen LogP contribution in [0.15, 0.2) is 60.0 Å². The summed E-state index contributed by atoms with van der Waals surface area (Å²) in [5, 5.41) is 7.11. The first-order chi connectivity index (χ1) is 16.0. The van der Waals surface area contributed by atoms with E-state index in [1.54, 1.807) is 11.8 Å². The van der Waals surface area contributed by atoms with E-state index in [1.165, 1.54) is 27.7 Å². The van der Waals surface area contributed by atoms with E-state index in [4.69, 9.17) is 0 Å². The second-order valence-electron chi connectivity index (χ2n) is 8.72. The normalized spacial score (nSPS) is 21.6. The quantitative estimate of drug-likeness (QED) is 0.592. The van der Waals surface area contributed by atoms with Crippen LogP contribution < -0.4 is 5.32 Å². The fraction of sp³-hybridized carbons (Fsp3) is 0.320. The van der Waals surface area contributed by atoms with Crippen molar-refractivity contribution < 1.29 is 14.4 Å². The molecular weight excluding hydrogens is 436 g/mol. The van der Waals surface area contributed by atoms with Crippen LogP contribution in [0.5, 0.6) is 0 Å². The van der Waals surface area contributed by atoms with Gasteiger partial charge in [0.2, 0.25) is 5.91 Å². The molecule has 2 aliphatic rings. The molecular formula is C25H26N4O3S. The van der Waals surface area contributed by atoms with E-state index in [0.29, 0.717) is 13.1 Å². The first-order valence-electron chi connectivity index (χ1n) is 11.1. The lowest BCUT2D eigenvalue weighted by atomic mass is 10.0. The minimum atomic E-state index is -1.11. The Labute approximate surface area is 196 Å². The van der Waals surface area contributed by atoms with Crippen LogP contribution in [0.4, 0.5) is 4.79 Å². The van der Waals surface area contributed by atoms with Crippen LogP contribution >= 0.6 is 11.3 Å². The lowest BCUT2D eigenvalue weighted by molar-refractivity contribution is -0.139. The van der Waals surface area contributed by atoms with Crippen molar-refractivity contribution in [2.45, 2.75) is 19.0 Å². The molecule has 3 aromatic rings. The summed E-state index contributed by atoms with van der Waals surface area (Å²) in [4.78, 5) is 44.3. The Kier molecular flexibility index (Phi) is 5.64. The van der Waals surface area contributed by atoms with Gasteiger partial charge >= 0.3 is 6.03 Å². The average molecular weight is 463 g/mol. The number of thiophene rings is 1. The van der Waals surface area contributed by atoms with Crippen molar-refractivity contribution in [2.75, 3.05) is 32.7 Å². The van der Waals surface area contributed by atoms with Gasteiger partial charge in [-0.3, -0.25) is 19.4 Å². The number of nitrogens with zero attached hydrogens (tertiary/aromatic N) is 3. The highest BCUT2D eigenvalue weighted by Crippen LogP contribution is 2.31. The number of piperazine rings is 1. The minimum Gasteiger partial charge on any atom is -0.339 e. The fourth-order valence-corrected chi connectivity index (χ4v) is 5.47. The number of rotatable bonds is 5. The molecule has 170 valence electrons. The molecule has 1 aromatic heterocycles. The maximum absolute atomic E-state index is 13.0. The van der Waals surface area contributed by atoms with Crippen LogP contribution in [-0.2, 0) is 21.7 Å². The van der Waals surface area contributed by atoms with Crippen molar-refractivity contribution in [1.82, 2.24) is 20.0 Å². The maximum Gasteiger partial charge on any atom is 0.325 e. The molecule has 2 aromatic carbocycles. The molecule has 0 radical (unpaired) electrons. The second-order valence-corrected chi connectivity index (χ2v) is 9.67. The van der Waals surface area contributed by atoms with Gasteiger partial charge in [-0.2, -0.15) is 0 Å². The molecule has 0 bridgehead atoms. The van der Waals surface area contributed by atoms with Gasteiger partial charge in [0.05, 0.1) is 0 Å². The van der Waals surface area contributed by atoms with Gasteiger partial charge < -0.3 is 10.2 Å². The number of nitrogens with one attached hydrogen (secondary N) is 1. The van der Waals surface area contributed by atoms with Crippen molar-refractivity contribution in [3.63, 3.8) is 0 Å². The average Bonchev–Trinajstić information content (AvgIpc) is 3.44. The minimum absolute atomic E-state index is 0.196. The van der Waals surface area contributed by atoms with E-state index in [0.717, 1.165) is 29.4 Å². The van der Waals surface area contributed by atoms with Crippen LogP contribution in [0.2, 0.25) is 0 Å². The molecule has 0 aliphatic carbocycles. The van der Waals surface area contributed by atoms with Crippen molar-refractivity contribution in [1.29, 1.82) is 0 Å². The molecule has 1 N–H and O–H groups in total. The predicted molar refractivity (Wildman–Crippen MR) is 128 cm³/mol. The van der Waals surface area contributed by atoms with Crippen molar-refractivity contribution in [3.05, 3.63) is 70.4 Å². The molecule has 2 saturated heterocycles. The van der Waals surface area contributed by atoms with Gasteiger partial charge in [-0.05, 0) is 34.7 Å². The van der Waals surface area contributed by atoms with Crippen LogP contribution in [0, 0.1) is 0 Å². The van der Waals surface area contributed by atoms with Gasteiger partial charge in [-0.25, -0.2) is 4.79 Å². The molecule has 0 spiro atoms. The molecule has 33 heavy (non-hydrogen) atoms. The van der Waals surface area contributed by atoms with E-state index in [9.17, 15) is 14.4 Å². The molecule has 7 nitrogen and oxygen atoms in total. The van der Waals surface area contributed by atoms with Crippen LogP contribution in [0.3, 0.4) is 0 Å². The number of imide groups is 1. The Morgan fingerprint density at radius 2 is 1.76 bits per heavy atom. The summed E-state index contributed by atoms with van der Waals surface area (Å²) < 4.78 is 0. The first-order valence-corrected chi connectivity index (χ1v) is 12.0. The lowest BCUT2D eigenvalue weighted by Gasteiger charge is -2.35. The predicted octanol–water partition coefficient (Wildman–Crippen LogP) is 3.01. The van der Waals surface area contributed by atoms with Crippen LogP contribution in [-0.4, -0.2) is 65.3 Å². The highest BCUT2D eigenvalue weighted by molar-refractivity contribution is 7.10. The van der Waals surface area contributed by atoms with Crippen molar-refractivity contribution in [2.24, 2.45) is 0 Å². The van der Waals surface area contributed by atoms with E-state index < -0.39 is 11.6 Å². The monoisotopic (exact) mass is 462 g/mol. The Balaban J connectivity index is 1.19. The van der Waals surface area contributed by atoms with E-state index in [2.05, 4.69) is 46.6 Å². The second kappa shape index (κ2) is 8.61. The Morgan fingerprint density at radius 1 is 1.00 bits per heavy atom. The third kappa shape index (κ3) is 4.00. The number of urea groups is 1. The highest BCUT2D eigenvalue weighted by Gasteiger charge is 2.50. The molecule has 1 atom stereocenters. The van der Waals surface area contributed by atoms with Gasteiger partial charge in [0.25, 0.3) is 5.91 Å². The zero-order valence-corrected chi connectivity index (χ0v) is 19.3. The van der Waals surface area contributed by atoms with Gasteiger partial charge in [0.15, 0.2) is 5.54 Å². The molecule has 0 saturated carbocycles. The third-order valence-electron chi connectivity index (χ3n) is 6.58. The number of amides is 4. The Bertz CT molecular complexity index is 1200. The summed E-state index contributed by atoms with van der Waals surface area (Å²) in [5.41, 5.74) is 0.169. The number of hydrogen-bond acceptors (Lipinski definition) is 5. The first kappa shape index (κ1) is 21.6. The summed E-state index contributed by atoms with van der Waals surface area (Å²) in [6, 6.07) is 17.9. The third-order valence-corrected chi connectivity index (χ3v) is 7.67. The molecule has 5 rings (SSSR count). The Morgan fingerprint density at radius 3 is 2.52 bits per heavy atom. The summed E-state index contributed by atoms with van der Waals surface area (Å²) in [6.07, 6.45) is 0. The lowest BCUT2D eigenvalue weighted by Crippen LogP contribution is -2.51. The van der Waals surface area contributed by atoms with E-state index in [1.807, 2.05) is 23.6 Å². The van der Waals surface area contributed by atoms with Crippen LogP contribution in [0.25, 0.3) is 10.8 Å². The van der Waals surface area contributed by atoms with Crippen molar-refractivity contribution in [3.8, 4) is 0 Å². The SMILES string of the molecule is CC1(c2cccs2)NC(=O)N(CC(=O)N2CCN(Cc3cccc4ccccc34)CC2)C1=O. The van der Waals surface area contributed by atoms with E-state index in [-0.39, 0.29) is 18.4 Å². The molecule has 3 heterocycles. The number of carbonyl (C=O) groups is 3. The van der Waals surface area contributed by atoms with E-state index >= 15 is 0 Å². The molecule has 1 unspecified atom stereocenters. The summed E-state index contributed by atoms with van der Waals surface area (Å²) in [5.74, 6) is -0.573. The highest BCUT2D eigenvalue weighted by atomic mass is 32.1. The number of hydrogen-bond donors (Lipinski definition) is 1. The molecule has 2 aliphatic heterocycles. The molecule has 2 fully saturated rings. The molecule has 4 amide bonds. The smallest absolute Gasteiger partial charge is 0.325 e. The zero-order chi connectivity index (χ0) is 23.0. The van der Waals surface area contributed by atoms with Crippen LogP contribution in [0.1, 0.15) is 17.4 Å². The number of benzene rings is 2. The molecule has 8 heteroatoms. The van der Waals surface area contributed by atoms with Gasteiger partial charge in [0, 0.05) is 37.6 Å². The maximum atomic E-state index is 13.0. The fourth-order valence-electron chi connectivity index (χ4n) is 4.63. The topological polar surface area (TPSA) is 73.0 Å². The number of fused-ring (bicyclic) bond motifs is 1. The van der Waals surface area contributed by atoms with Gasteiger partial charge in [-0.15, -0.1) is 11.3 Å². The standard InChI is InChI=1S/C25H26N4O3S/c1-25(21-10-5-15-33-21)23(31)29(24(32)26-25)17-22(30)28-13-11-27(12-14-28)16-19-8-4-7-18-6-2-3-9-20(18)19/h2-10,15H,11-14,16-17H2,1H3,(H,26,32). The summed E-state index contributed by atoms with van der Waals surface area (Å²) in [6.45, 7) is 4.95. The van der Waals surface area contributed by atoms with Gasteiger partial charge in [0.1, 0.15) is 6.54 Å².